The highest BCUT2D eigenvalue weighted by molar-refractivity contribution is 6.31. The average molecular weight is 353 g/mol. The molecule has 0 bridgehead atoms. The fourth-order valence-electron chi connectivity index (χ4n) is 3.48. The number of amidine groups is 1. The summed E-state index contributed by atoms with van der Waals surface area (Å²) in [6.07, 6.45) is 0.685. The van der Waals surface area contributed by atoms with Crippen LogP contribution in [-0.4, -0.2) is 24.8 Å². The second kappa shape index (κ2) is 6.16. The van der Waals surface area contributed by atoms with Gasteiger partial charge in [-0.05, 0) is 34.2 Å². The largest absolute Gasteiger partial charge is 0.366 e. The van der Waals surface area contributed by atoms with E-state index in [0.717, 1.165) is 27.9 Å². The molecule has 0 N–H and O–H groups in total. The Hall–Kier alpha value is -2.39. The number of aliphatic imine (C=N–C) groups is 1. The number of benzene rings is 3. The van der Waals surface area contributed by atoms with Gasteiger partial charge in [-0.25, -0.2) is 4.39 Å². The molecule has 0 spiro atoms. The van der Waals surface area contributed by atoms with Gasteiger partial charge in [0.05, 0.1) is 0 Å². The van der Waals surface area contributed by atoms with Gasteiger partial charge in [-0.3, -0.25) is 4.99 Å². The zero-order valence-corrected chi connectivity index (χ0v) is 14.9. The van der Waals surface area contributed by atoms with E-state index in [1.54, 1.807) is 6.07 Å². The van der Waals surface area contributed by atoms with Crippen LogP contribution in [0, 0.1) is 5.82 Å². The number of hydrogen-bond donors (Lipinski definition) is 0. The normalized spacial score (nSPS) is 16.5. The number of nitrogens with zero attached hydrogens (tertiary/aromatic N) is 2. The van der Waals surface area contributed by atoms with E-state index in [1.807, 2.05) is 67.5 Å². The molecule has 3 aromatic carbocycles. The highest BCUT2D eigenvalue weighted by atomic mass is 35.5. The molecule has 1 atom stereocenters. The molecule has 0 aliphatic carbocycles. The van der Waals surface area contributed by atoms with E-state index in [2.05, 4.69) is 0 Å². The molecule has 0 aromatic heterocycles. The molecule has 4 heteroatoms. The van der Waals surface area contributed by atoms with Crippen molar-refractivity contribution in [2.45, 2.75) is 12.5 Å². The summed E-state index contributed by atoms with van der Waals surface area (Å²) in [7, 11) is 3.97. The Morgan fingerprint density at radius 1 is 1.00 bits per heavy atom. The topological polar surface area (TPSA) is 15.6 Å². The molecule has 0 fully saturated rings. The van der Waals surface area contributed by atoms with Crippen molar-refractivity contribution in [3.8, 4) is 0 Å². The minimum absolute atomic E-state index is 0.213. The summed E-state index contributed by atoms with van der Waals surface area (Å²) in [5.74, 6) is 0.754. The van der Waals surface area contributed by atoms with Crippen molar-refractivity contribution >= 4 is 28.2 Å². The van der Waals surface area contributed by atoms with Gasteiger partial charge in [0.25, 0.3) is 0 Å². The van der Waals surface area contributed by atoms with Gasteiger partial charge in [-0.2, -0.15) is 0 Å². The van der Waals surface area contributed by atoms with Crippen molar-refractivity contribution in [2.75, 3.05) is 14.1 Å². The molecule has 1 aliphatic rings. The lowest BCUT2D eigenvalue weighted by Gasteiger charge is -2.29. The van der Waals surface area contributed by atoms with E-state index in [-0.39, 0.29) is 11.9 Å². The zero-order chi connectivity index (χ0) is 17.6. The van der Waals surface area contributed by atoms with Crippen molar-refractivity contribution in [2.24, 2.45) is 4.99 Å². The first-order valence-corrected chi connectivity index (χ1v) is 8.62. The first-order chi connectivity index (χ1) is 12.1. The summed E-state index contributed by atoms with van der Waals surface area (Å²) in [6, 6.07) is 16.6. The average Bonchev–Trinajstić information content (AvgIpc) is 2.62. The van der Waals surface area contributed by atoms with Gasteiger partial charge in [0, 0.05) is 30.9 Å². The summed E-state index contributed by atoms with van der Waals surface area (Å²) in [5, 5.41) is 2.25. The van der Waals surface area contributed by atoms with Crippen molar-refractivity contribution in [3.63, 3.8) is 0 Å². The number of rotatable bonds is 1. The fourth-order valence-corrected chi connectivity index (χ4v) is 3.72. The van der Waals surface area contributed by atoms with Gasteiger partial charge in [-0.15, -0.1) is 0 Å². The molecule has 3 aromatic rings. The quantitative estimate of drug-likeness (QED) is 0.585. The van der Waals surface area contributed by atoms with Crippen LogP contribution in [-0.2, 0) is 6.42 Å². The van der Waals surface area contributed by atoms with E-state index < -0.39 is 0 Å². The molecule has 1 heterocycles. The van der Waals surface area contributed by atoms with Gasteiger partial charge in [0.1, 0.15) is 17.7 Å². The van der Waals surface area contributed by atoms with Crippen LogP contribution in [0.25, 0.3) is 10.8 Å². The smallest absolute Gasteiger partial charge is 0.131 e. The molecule has 4 rings (SSSR count). The molecule has 126 valence electrons. The summed E-state index contributed by atoms with van der Waals surface area (Å²) < 4.78 is 14.7. The highest BCUT2D eigenvalue weighted by Crippen LogP contribution is 2.40. The van der Waals surface area contributed by atoms with Crippen LogP contribution in [0.1, 0.15) is 22.7 Å². The third kappa shape index (κ3) is 2.69. The number of hydrogen-bond acceptors (Lipinski definition) is 2. The van der Waals surface area contributed by atoms with E-state index in [4.69, 9.17) is 16.6 Å². The van der Waals surface area contributed by atoms with Crippen molar-refractivity contribution in [3.05, 3.63) is 82.1 Å². The fraction of sp³-hybridized carbons (Fsp3) is 0.190. The Morgan fingerprint density at radius 3 is 2.40 bits per heavy atom. The van der Waals surface area contributed by atoms with Crippen LogP contribution in [0.2, 0.25) is 5.02 Å². The summed E-state index contributed by atoms with van der Waals surface area (Å²) in [6.45, 7) is 0. The van der Waals surface area contributed by atoms with Gasteiger partial charge < -0.3 is 4.90 Å². The molecular weight excluding hydrogens is 335 g/mol. The predicted molar refractivity (Wildman–Crippen MR) is 102 cm³/mol. The third-order valence-corrected chi connectivity index (χ3v) is 5.11. The molecular formula is C21H18ClFN2. The van der Waals surface area contributed by atoms with Crippen molar-refractivity contribution in [1.29, 1.82) is 0 Å². The standard InChI is InChI=1S/C21H18ClFN2/c1-25(2)20-12-16-13-7-3-4-8-14(13)19(23)11-17(16)21(24-20)15-9-5-6-10-18(15)22/h3-11,21H,12H2,1-2H3. The van der Waals surface area contributed by atoms with E-state index in [1.165, 1.54) is 0 Å². The first-order valence-electron chi connectivity index (χ1n) is 8.24. The van der Waals surface area contributed by atoms with Crippen LogP contribution in [0.3, 0.4) is 0 Å². The number of likely N-dealkylation sites (N-methyl/N-ethyl adjacent to an activating group) is 1. The van der Waals surface area contributed by atoms with E-state index >= 15 is 0 Å². The maximum Gasteiger partial charge on any atom is 0.131 e. The van der Waals surface area contributed by atoms with E-state index in [0.29, 0.717) is 16.8 Å². The molecule has 0 saturated heterocycles. The molecule has 0 amide bonds. The van der Waals surface area contributed by atoms with Crippen LogP contribution in [0.15, 0.2) is 59.6 Å². The maximum absolute atomic E-state index is 14.7. The monoisotopic (exact) mass is 352 g/mol. The Labute approximate surface area is 151 Å². The van der Waals surface area contributed by atoms with Gasteiger partial charge in [0.15, 0.2) is 0 Å². The Balaban J connectivity index is 2.02. The molecule has 0 saturated carbocycles. The second-order valence-electron chi connectivity index (χ2n) is 6.51. The molecule has 25 heavy (non-hydrogen) atoms. The third-order valence-electron chi connectivity index (χ3n) is 4.76. The second-order valence-corrected chi connectivity index (χ2v) is 6.92. The molecule has 1 unspecified atom stereocenters. The lowest BCUT2D eigenvalue weighted by molar-refractivity contribution is 0.589. The number of halogens is 2. The van der Waals surface area contributed by atoms with Crippen LogP contribution in [0.5, 0.6) is 0 Å². The van der Waals surface area contributed by atoms with Gasteiger partial charge in [0.2, 0.25) is 0 Å². The van der Waals surface area contributed by atoms with Gasteiger partial charge >= 0.3 is 0 Å². The maximum atomic E-state index is 14.7. The van der Waals surface area contributed by atoms with Gasteiger partial charge in [-0.1, -0.05) is 54.1 Å². The van der Waals surface area contributed by atoms with E-state index in [9.17, 15) is 4.39 Å². The SMILES string of the molecule is CN(C)C1=NC(c2ccccc2Cl)c2cc(F)c3ccccc3c2C1. The predicted octanol–water partition coefficient (Wildman–Crippen LogP) is 5.24. The van der Waals surface area contributed by atoms with Crippen LogP contribution < -0.4 is 0 Å². The Bertz CT molecular complexity index is 994. The van der Waals surface area contributed by atoms with Crippen molar-refractivity contribution < 1.29 is 4.39 Å². The summed E-state index contributed by atoms with van der Waals surface area (Å²) in [5.41, 5.74) is 2.93. The first kappa shape index (κ1) is 16.1. The lowest BCUT2D eigenvalue weighted by atomic mass is 9.86. The molecule has 1 aliphatic heterocycles. The lowest BCUT2D eigenvalue weighted by Crippen LogP contribution is -2.29. The molecule has 2 nitrogen and oxygen atoms in total. The Morgan fingerprint density at radius 2 is 1.68 bits per heavy atom. The van der Waals surface area contributed by atoms with Crippen LogP contribution in [0.4, 0.5) is 4.39 Å². The van der Waals surface area contributed by atoms with Crippen molar-refractivity contribution in [1.82, 2.24) is 4.90 Å². The summed E-state index contributed by atoms with van der Waals surface area (Å²) in [4.78, 5) is 6.91. The Kier molecular flexibility index (Phi) is 3.97. The molecule has 0 radical (unpaired) electrons. The highest BCUT2D eigenvalue weighted by Gasteiger charge is 2.28. The minimum Gasteiger partial charge on any atom is -0.366 e. The number of fused-ring (bicyclic) bond motifs is 3. The van der Waals surface area contributed by atoms with Crippen LogP contribution >= 0.6 is 11.6 Å². The zero-order valence-electron chi connectivity index (χ0n) is 14.1. The minimum atomic E-state index is -0.297. The summed E-state index contributed by atoms with van der Waals surface area (Å²) >= 11 is 6.43.